The van der Waals surface area contributed by atoms with Gasteiger partial charge in [0, 0.05) is 0 Å². The van der Waals surface area contributed by atoms with Crippen molar-refractivity contribution < 1.29 is 13.9 Å². The number of amides is 1. The van der Waals surface area contributed by atoms with E-state index in [1.807, 2.05) is 0 Å². The van der Waals surface area contributed by atoms with E-state index in [1.54, 1.807) is 35.7 Å². The molecule has 1 N–H and O–H groups in total. The SMILES string of the molecule is COc1ccccc1-n1c(=O)c2sccc2n(CC(=O)Nc2ccc(F)cc2Cl)c1=O. The first-order chi connectivity index (χ1) is 14.9. The van der Waals surface area contributed by atoms with Crippen molar-refractivity contribution in [3.63, 3.8) is 0 Å². The molecule has 10 heteroatoms. The number of thiophene rings is 1. The number of halogens is 2. The predicted octanol–water partition coefficient (Wildman–Crippen LogP) is 3.65. The summed E-state index contributed by atoms with van der Waals surface area (Å²) in [6.45, 7) is -0.380. The molecule has 0 radical (unpaired) electrons. The third-order valence-corrected chi connectivity index (χ3v) is 5.79. The molecular formula is C21H15ClFN3O4S. The van der Waals surface area contributed by atoms with Crippen molar-refractivity contribution in [1.82, 2.24) is 9.13 Å². The fourth-order valence-electron chi connectivity index (χ4n) is 3.19. The average molecular weight is 460 g/mol. The molecule has 0 unspecified atom stereocenters. The summed E-state index contributed by atoms with van der Waals surface area (Å²) < 4.78 is 21.0. The maximum Gasteiger partial charge on any atom is 0.336 e. The smallest absolute Gasteiger partial charge is 0.336 e. The summed E-state index contributed by atoms with van der Waals surface area (Å²) in [6.07, 6.45) is 0. The third kappa shape index (κ3) is 3.85. The lowest BCUT2D eigenvalue weighted by Gasteiger charge is -2.14. The van der Waals surface area contributed by atoms with E-state index in [2.05, 4.69) is 5.32 Å². The number of benzene rings is 2. The lowest BCUT2D eigenvalue weighted by molar-refractivity contribution is -0.116. The highest BCUT2D eigenvalue weighted by Crippen LogP contribution is 2.24. The summed E-state index contributed by atoms with van der Waals surface area (Å²) in [4.78, 5) is 39.0. The Kier molecular flexibility index (Phi) is 5.62. The van der Waals surface area contributed by atoms with E-state index in [9.17, 15) is 18.8 Å². The summed E-state index contributed by atoms with van der Waals surface area (Å²) in [6, 6.07) is 11.8. The molecule has 0 atom stereocenters. The molecular weight excluding hydrogens is 445 g/mol. The summed E-state index contributed by atoms with van der Waals surface area (Å²) in [5.74, 6) is -0.761. The molecule has 0 aliphatic rings. The van der Waals surface area contributed by atoms with E-state index in [-0.39, 0.29) is 22.9 Å². The van der Waals surface area contributed by atoms with Crippen LogP contribution in [0.2, 0.25) is 5.02 Å². The van der Waals surface area contributed by atoms with Crippen molar-refractivity contribution in [2.45, 2.75) is 6.54 Å². The number of nitrogens with one attached hydrogen (secondary N) is 1. The quantitative estimate of drug-likeness (QED) is 0.494. The zero-order valence-corrected chi connectivity index (χ0v) is 17.7. The van der Waals surface area contributed by atoms with Crippen LogP contribution in [-0.2, 0) is 11.3 Å². The third-order valence-electron chi connectivity index (χ3n) is 4.59. The van der Waals surface area contributed by atoms with E-state index in [1.165, 1.54) is 29.1 Å². The second kappa shape index (κ2) is 8.37. The van der Waals surface area contributed by atoms with Gasteiger partial charge >= 0.3 is 5.69 Å². The van der Waals surface area contributed by atoms with Crippen LogP contribution in [-0.4, -0.2) is 22.2 Å². The van der Waals surface area contributed by atoms with Crippen LogP contribution in [0.4, 0.5) is 10.1 Å². The molecule has 0 aliphatic heterocycles. The first-order valence-corrected chi connectivity index (χ1v) is 10.3. The minimum atomic E-state index is -0.694. The van der Waals surface area contributed by atoms with Gasteiger partial charge in [-0.1, -0.05) is 23.7 Å². The Bertz CT molecular complexity index is 1430. The van der Waals surface area contributed by atoms with Crippen molar-refractivity contribution in [2.75, 3.05) is 12.4 Å². The Morgan fingerprint density at radius 2 is 1.97 bits per heavy atom. The summed E-state index contributed by atoms with van der Waals surface area (Å²) in [7, 11) is 1.44. The molecule has 0 saturated carbocycles. The first kappa shape index (κ1) is 20.8. The Morgan fingerprint density at radius 1 is 1.19 bits per heavy atom. The van der Waals surface area contributed by atoms with Gasteiger partial charge < -0.3 is 10.1 Å². The highest BCUT2D eigenvalue weighted by atomic mass is 35.5. The molecule has 0 bridgehead atoms. The minimum Gasteiger partial charge on any atom is -0.495 e. The number of nitrogens with zero attached hydrogens (tertiary/aromatic N) is 2. The van der Waals surface area contributed by atoms with Gasteiger partial charge in [-0.05, 0) is 41.8 Å². The van der Waals surface area contributed by atoms with E-state index in [4.69, 9.17) is 16.3 Å². The molecule has 4 aromatic rings. The summed E-state index contributed by atoms with van der Waals surface area (Å²) in [5, 5.41) is 4.26. The summed E-state index contributed by atoms with van der Waals surface area (Å²) >= 11 is 7.13. The van der Waals surface area contributed by atoms with Gasteiger partial charge in [-0.25, -0.2) is 13.8 Å². The van der Waals surface area contributed by atoms with Crippen LogP contribution >= 0.6 is 22.9 Å². The number of fused-ring (bicyclic) bond motifs is 1. The molecule has 2 aromatic heterocycles. The largest absolute Gasteiger partial charge is 0.495 e. The van der Waals surface area contributed by atoms with E-state index in [0.29, 0.717) is 16.0 Å². The average Bonchev–Trinajstić information content (AvgIpc) is 3.24. The van der Waals surface area contributed by atoms with E-state index in [0.717, 1.165) is 16.7 Å². The topological polar surface area (TPSA) is 82.3 Å². The number of carbonyl (C=O) groups is 1. The molecule has 1 amide bonds. The van der Waals surface area contributed by atoms with Gasteiger partial charge in [0.1, 0.15) is 22.8 Å². The number of para-hydroxylation sites is 2. The van der Waals surface area contributed by atoms with Crippen LogP contribution in [0, 0.1) is 5.82 Å². The van der Waals surface area contributed by atoms with Crippen LogP contribution in [0.15, 0.2) is 63.5 Å². The molecule has 158 valence electrons. The number of hydrogen-bond donors (Lipinski definition) is 1. The molecule has 2 aromatic carbocycles. The van der Waals surface area contributed by atoms with Gasteiger partial charge in [0.05, 0.1) is 29.0 Å². The Morgan fingerprint density at radius 3 is 2.71 bits per heavy atom. The first-order valence-electron chi connectivity index (χ1n) is 9.02. The normalized spacial score (nSPS) is 10.9. The molecule has 2 heterocycles. The Labute approximate surface area is 183 Å². The van der Waals surface area contributed by atoms with Gasteiger partial charge in [-0.15, -0.1) is 11.3 Å². The van der Waals surface area contributed by atoms with Gasteiger partial charge in [-0.3, -0.25) is 14.2 Å². The van der Waals surface area contributed by atoms with Crippen molar-refractivity contribution in [3.05, 3.63) is 85.6 Å². The van der Waals surface area contributed by atoms with Gasteiger partial charge in [-0.2, -0.15) is 0 Å². The fourth-order valence-corrected chi connectivity index (χ4v) is 4.23. The van der Waals surface area contributed by atoms with Gasteiger partial charge in [0.25, 0.3) is 5.56 Å². The van der Waals surface area contributed by atoms with Crippen LogP contribution in [0.25, 0.3) is 15.9 Å². The van der Waals surface area contributed by atoms with E-state index < -0.39 is 23.0 Å². The fraction of sp³-hybridized carbons (Fsp3) is 0.0952. The predicted molar refractivity (Wildman–Crippen MR) is 118 cm³/mol. The highest BCUT2D eigenvalue weighted by Gasteiger charge is 2.19. The lowest BCUT2D eigenvalue weighted by atomic mass is 10.3. The zero-order chi connectivity index (χ0) is 22.1. The number of ether oxygens (including phenoxy) is 1. The maximum atomic E-state index is 13.3. The molecule has 0 spiro atoms. The van der Waals surface area contributed by atoms with Crippen molar-refractivity contribution >= 4 is 44.7 Å². The van der Waals surface area contributed by atoms with Gasteiger partial charge in [0.15, 0.2) is 0 Å². The highest BCUT2D eigenvalue weighted by molar-refractivity contribution is 7.17. The minimum absolute atomic E-state index is 0.0281. The number of aromatic nitrogens is 2. The zero-order valence-electron chi connectivity index (χ0n) is 16.1. The number of anilines is 1. The van der Waals surface area contributed by atoms with Crippen molar-refractivity contribution in [3.8, 4) is 11.4 Å². The van der Waals surface area contributed by atoms with E-state index >= 15 is 0 Å². The summed E-state index contributed by atoms with van der Waals surface area (Å²) in [5.41, 5.74) is -0.378. The second-order valence-corrected chi connectivity index (χ2v) is 7.81. The van der Waals surface area contributed by atoms with Crippen molar-refractivity contribution in [1.29, 1.82) is 0 Å². The van der Waals surface area contributed by atoms with Crippen LogP contribution in [0.3, 0.4) is 0 Å². The maximum absolute atomic E-state index is 13.3. The standard InChI is InChI=1S/C21H15ClFN3O4S/c1-30-17-5-3-2-4-15(17)26-20(28)19-16(8-9-31-19)25(21(26)29)11-18(27)24-14-7-6-12(23)10-13(14)22/h2-10H,11H2,1H3,(H,24,27). The van der Waals surface area contributed by atoms with Crippen LogP contribution in [0.5, 0.6) is 5.75 Å². The van der Waals surface area contributed by atoms with Crippen molar-refractivity contribution in [2.24, 2.45) is 0 Å². The molecule has 4 rings (SSSR count). The second-order valence-electron chi connectivity index (χ2n) is 6.49. The molecule has 0 fully saturated rings. The molecule has 0 saturated heterocycles. The molecule has 31 heavy (non-hydrogen) atoms. The Hall–Kier alpha value is -3.43. The lowest BCUT2D eigenvalue weighted by Crippen LogP contribution is -2.40. The number of carbonyl (C=O) groups excluding carboxylic acids is 1. The molecule has 7 nitrogen and oxygen atoms in total. The monoisotopic (exact) mass is 459 g/mol. The number of methoxy groups -OCH3 is 1. The van der Waals surface area contributed by atoms with Crippen LogP contribution in [0.1, 0.15) is 0 Å². The molecule has 0 aliphatic carbocycles. The number of rotatable bonds is 5. The van der Waals surface area contributed by atoms with Gasteiger partial charge in [0.2, 0.25) is 5.91 Å². The van der Waals surface area contributed by atoms with Crippen LogP contribution < -0.4 is 21.3 Å². The Balaban J connectivity index is 1.81. The number of hydrogen-bond acceptors (Lipinski definition) is 5.